The third kappa shape index (κ3) is 4.12. The van der Waals surface area contributed by atoms with Crippen LogP contribution in [0.25, 0.3) is 0 Å². The van der Waals surface area contributed by atoms with Gasteiger partial charge in [0, 0.05) is 6.54 Å². The highest BCUT2D eigenvalue weighted by Crippen LogP contribution is 2.22. The van der Waals surface area contributed by atoms with E-state index >= 15 is 0 Å². The van der Waals surface area contributed by atoms with E-state index in [9.17, 15) is 22.0 Å². The molecular weight excluding hydrogens is 356 g/mol. The first kappa shape index (κ1) is 18.8. The van der Waals surface area contributed by atoms with Gasteiger partial charge in [-0.25, -0.2) is 26.7 Å². The zero-order chi connectivity index (χ0) is 18.6. The summed E-state index contributed by atoms with van der Waals surface area (Å²) in [6.07, 6.45) is 0. The van der Waals surface area contributed by atoms with Crippen molar-refractivity contribution in [3.8, 4) is 5.75 Å². The van der Waals surface area contributed by atoms with Crippen molar-refractivity contribution in [2.75, 3.05) is 14.2 Å². The molecule has 0 amide bonds. The van der Waals surface area contributed by atoms with Gasteiger partial charge in [-0.2, -0.15) is 0 Å². The predicted molar refractivity (Wildman–Crippen MR) is 84.7 cm³/mol. The van der Waals surface area contributed by atoms with Crippen LogP contribution in [0.1, 0.15) is 15.9 Å². The topological polar surface area (TPSA) is 81.7 Å². The highest BCUT2D eigenvalue weighted by molar-refractivity contribution is 7.89. The molecule has 2 aromatic rings. The van der Waals surface area contributed by atoms with E-state index in [-0.39, 0.29) is 17.9 Å². The van der Waals surface area contributed by atoms with Gasteiger partial charge in [-0.15, -0.1) is 0 Å². The first-order valence-corrected chi connectivity index (χ1v) is 8.47. The second-order valence-corrected chi connectivity index (χ2v) is 6.61. The van der Waals surface area contributed by atoms with Crippen molar-refractivity contribution in [2.45, 2.75) is 11.4 Å². The van der Waals surface area contributed by atoms with E-state index in [1.807, 2.05) is 0 Å². The molecule has 134 valence electrons. The van der Waals surface area contributed by atoms with Gasteiger partial charge >= 0.3 is 5.97 Å². The van der Waals surface area contributed by atoms with Crippen LogP contribution < -0.4 is 9.46 Å². The average Bonchev–Trinajstić information content (AvgIpc) is 2.58. The fourth-order valence-electron chi connectivity index (χ4n) is 2.12. The Hall–Kier alpha value is -2.52. The Morgan fingerprint density at radius 2 is 1.76 bits per heavy atom. The monoisotopic (exact) mass is 371 g/mol. The summed E-state index contributed by atoms with van der Waals surface area (Å²) in [6.45, 7) is -0.288. The van der Waals surface area contributed by atoms with Crippen LogP contribution in [0.5, 0.6) is 5.75 Å². The first-order valence-electron chi connectivity index (χ1n) is 6.99. The Balaban J connectivity index is 2.28. The van der Waals surface area contributed by atoms with Crippen molar-refractivity contribution in [1.82, 2.24) is 4.72 Å². The van der Waals surface area contributed by atoms with Gasteiger partial charge in [-0.05, 0) is 29.8 Å². The maximum absolute atomic E-state index is 13.6. The number of methoxy groups -OCH3 is 2. The Morgan fingerprint density at radius 3 is 2.32 bits per heavy atom. The van der Waals surface area contributed by atoms with Crippen molar-refractivity contribution in [2.24, 2.45) is 0 Å². The molecule has 0 aliphatic carbocycles. The smallest absolute Gasteiger partial charge is 0.341 e. The van der Waals surface area contributed by atoms with Gasteiger partial charge in [0.1, 0.15) is 22.9 Å². The molecule has 0 aliphatic rings. The first-order chi connectivity index (χ1) is 11.8. The van der Waals surface area contributed by atoms with Crippen molar-refractivity contribution in [3.63, 3.8) is 0 Å². The maximum atomic E-state index is 13.6. The molecule has 1 N–H and O–H groups in total. The minimum Gasteiger partial charge on any atom is -0.496 e. The number of benzene rings is 2. The molecule has 2 rings (SSSR count). The summed E-state index contributed by atoms with van der Waals surface area (Å²) >= 11 is 0. The second-order valence-electron chi connectivity index (χ2n) is 4.90. The van der Waals surface area contributed by atoms with Gasteiger partial charge in [-0.3, -0.25) is 0 Å². The maximum Gasteiger partial charge on any atom is 0.341 e. The summed E-state index contributed by atoms with van der Waals surface area (Å²) in [6, 6.07) is 7.09. The number of nitrogens with one attached hydrogen (secondary N) is 1. The number of hydrogen-bond acceptors (Lipinski definition) is 5. The lowest BCUT2D eigenvalue weighted by molar-refractivity contribution is 0.0597. The summed E-state index contributed by atoms with van der Waals surface area (Å²) in [4.78, 5) is 10.7. The van der Waals surface area contributed by atoms with E-state index in [4.69, 9.17) is 4.74 Å². The van der Waals surface area contributed by atoms with Crippen LogP contribution >= 0.6 is 0 Å². The lowest BCUT2D eigenvalue weighted by atomic mass is 10.1. The molecule has 9 heteroatoms. The van der Waals surface area contributed by atoms with Gasteiger partial charge in [0.25, 0.3) is 0 Å². The quantitative estimate of drug-likeness (QED) is 0.788. The zero-order valence-corrected chi connectivity index (χ0v) is 14.2. The van der Waals surface area contributed by atoms with Crippen LogP contribution in [-0.2, 0) is 21.3 Å². The summed E-state index contributed by atoms with van der Waals surface area (Å²) in [5.41, 5.74) is 0.472. The SMILES string of the molecule is COC(=O)c1cc(CNS(=O)(=O)c2c(F)cccc2F)ccc1OC. The molecule has 25 heavy (non-hydrogen) atoms. The van der Waals surface area contributed by atoms with Crippen LogP contribution in [0.15, 0.2) is 41.3 Å². The van der Waals surface area contributed by atoms with Crippen LogP contribution in [0.4, 0.5) is 8.78 Å². The molecule has 0 unspecified atom stereocenters. The normalized spacial score (nSPS) is 11.2. The van der Waals surface area contributed by atoms with Gasteiger partial charge in [-0.1, -0.05) is 12.1 Å². The summed E-state index contributed by atoms with van der Waals surface area (Å²) in [7, 11) is -1.86. The molecule has 0 spiro atoms. The fraction of sp³-hybridized carbons (Fsp3) is 0.188. The number of carbonyl (C=O) groups is 1. The van der Waals surface area contributed by atoms with Gasteiger partial charge in [0.15, 0.2) is 4.90 Å². The highest BCUT2D eigenvalue weighted by Gasteiger charge is 2.23. The van der Waals surface area contributed by atoms with Crippen molar-refractivity contribution < 1.29 is 31.5 Å². The Morgan fingerprint density at radius 1 is 1.12 bits per heavy atom. The second kappa shape index (κ2) is 7.58. The summed E-state index contributed by atoms with van der Waals surface area (Å²) < 4.78 is 63.3. The van der Waals surface area contributed by atoms with Crippen LogP contribution in [0.2, 0.25) is 0 Å². The van der Waals surface area contributed by atoms with Crippen LogP contribution in [-0.4, -0.2) is 28.6 Å². The van der Waals surface area contributed by atoms with E-state index in [1.54, 1.807) is 0 Å². The number of halogens is 2. The van der Waals surface area contributed by atoms with E-state index in [0.717, 1.165) is 18.2 Å². The lowest BCUT2D eigenvalue weighted by Crippen LogP contribution is -2.25. The molecule has 6 nitrogen and oxygen atoms in total. The average molecular weight is 371 g/mol. The number of sulfonamides is 1. The molecule has 0 bridgehead atoms. The molecule has 0 saturated heterocycles. The molecule has 0 aromatic heterocycles. The predicted octanol–water partition coefficient (Wildman–Crippen LogP) is 2.24. The van der Waals surface area contributed by atoms with Gasteiger partial charge < -0.3 is 9.47 Å². The van der Waals surface area contributed by atoms with E-state index in [2.05, 4.69) is 9.46 Å². The standard InChI is InChI=1S/C16H15F2NO5S/c1-23-14-7-6-10(8-11(14)16(20)24-2)9-19-25(21,22)15-12(17)4-3-5-13(15)18/h3-8,19H,9H2,1-2H3. The number of hydrogen-bond donors (Lipinski definition) is 1. The minimum atomic E-state index is -4.42. The molecule has 2 aromatic carbocycles. The largest absolute Gasteiger partial charge is 0.496 e. The molecule has 0 fully saturated rings. The fourth-order valence-corrected chi connectivity index (χ4v) is 3.27. The summed E-state index contributed by atoms with van der Waals surface area (Å²) in [5, 5.41) is 0. The number of ether oxygens (including phenoxy) is 2. The van der Waals surface area contributed by atoms with Crippen LogP contribution in [0.3, 0.4) is 0 Å². The van der Waals surface area contributed by atoms with E-state index < -0.39 is 32.5 Å². The Bertz CT molecular complexity index is 879. The Labute approximate surface area is 143 Å². The molecule has 0 aliphatic heterocycles. The van der Waals surface area contributed by atoms with E-state index in [1.165, 1.54) is 32.4 Å². The van der Waals surface area contributed by atoms with Crippen LogP contribution in [0, 0.1) is 11.6 Å². The molecule has 0 atom stereocenters. The minimum absolute atomic E-state index is 0.0961. The Kier molecular flexibility index (Phi) is 5.70. The zero-order valence-electron chi connectivity index (χ0n) is 13.4. The van der Waals surface area contributed by atoms with Gasteiger partial charge in [0.05, 0.1) is 14.2 Å². The number of rotatable bonds is 6. The lowest BCUT2D eigenvalue weighted by Gasteiger charge is -2.11. The molecular formula is C16H15F2NO5S. The van der Waals surface area contributed by atoms with E-state index in [0.29, 0.717) is 5.56 Å². The molecule has 0 heterocycles. The van der Waals surface area contributed by atoms with Crippen molar-refractivity contribution in [3.05, 3.63) is 59.2 Å². The molecule has 0 saturated carbocycles. The summed E-state index contributed by atoms with van der Waals surface area (Å²) in [5.74, 6) is -2.81. The molecule has 0 radical (unpaired) electrons. The highest BCUT2D eigenvalue weighted by atomic mass is 32.2. The number of esters is 1. The number of carbonyl (C=O) groups excluding carboxylic acids is 1. The van der Waals surface area contributed by atoms with Crippen molar-refractivity contribution >= 4 is 16.0 Å². The third-order valence-electron chi connectivity index (χ3n) is 3.32. The third-order valence-corrected chi connectivity index (χ3v) is 4.78. The van der Waals surface area contributed by atoms with Crippen molar-refractivity contribution in [1.29, 1.82) is 0 Å². The van der Waals surface area contributed by atoms with Gasteiger partial charge in [0.2, 0.25) is 10.0 Å².